The molecule has 1 fully saturated rings. The van der Waals surface area contributed by atoms with Gasteiger partial charge in [0.25, 0.3) is 0 Å². The Balaban J connectivity index is 1.96. The lowest BCUT2D eigenvalue weighted by Gasteiger charge is -2.22. The van der Waals surface area contributed by atoms with E-state index in [1.807, 2.05) is 19.2 Å². The summed E-state index contributed by atoms with van der Waals surface area (Å²) in [6.07, 6.45) is 0.724. The predicted octanol–water partition coefficient (Wildman–Crippen LogP) is 0.711. The zero-order valence-corrected chi connectivity index (χ0v) is 12.4. The van der Waals surface area contributed by atoms with Crippen LogP contribution in [0.3, 0.4) is 0 Å². The van der Waals surface area contributed by atoms with Crippen LogP contribution in [0.15, 0.2) is 12.1 Å². The van der Waals surface area contributed by atoms with Crippen molar-refractivity contribution in [3.63, 3.8) is 0 Å². The highest BCUT2D eigenvalue weighted by Gasteiger charge is 2.30. The van der Waals surface area contributed by atoms with Gasteiger partial charge in [0.1, 0.15) is 6.61 Å². The minimum Gasteiger partial charge on any atom is -0.384 e. The quantitative estimate of drug-likeness (QED) is 0.835. The molecular weight excluding hydrogens is 282 g/mol. The maximum absolute atomic E-state index is 11.5. The summed E-state index contributed by atoms with van der Waals surface area (Å²) in [6.45, 7) is 0.610. The molecule has 1 aliphatic rings. The average molecular weight is 299 g/mol. The third-order valence-corrected chi connectivity index (χ3v) is 5.93. The first-order valence-corrected chi connectivity index (χ1v) is 8.73. The van der Waals surface area contributed by atoms with E-state index >= 15 is 0 Å². The van der Waals surface area contributed by atoms with Crippen LogP contribution in [0.1, 0.15) is 16.2 Å². The number of aliphatic hydroxyl groups is 1. The van der Waals surface area contributed by atoms with Crippen LogP contribution < -0.4 is 0 Å². The zero-order valence-electron chi connectivity index (χ0n) is 10.8. The van der Waals surface area contributed by atoms with Crippen molar-refractivity contribution in [1.82, 2.24) is 4.90 Å². The first kappa shape index (κ1) is 14.5. The second kappa shape index (κ2) is 6.06. The van der Waals surface area contributed by atoms with E-state index < -0.39 is 9.84 Å². The minimum absolute atomic E-state index is 0.124. The molecule has 0 amide bonds. The summed E-state index contributed by atoms with van der Waals surface area (Å²) >= 11 is 1.58. The van der Waals surface area contributed by atoms with Gasteiger partial charge in [0, 0.05) is 17.5 Å². The Hall–Kier alpha value is -0.870. The molecule has 0 saturated carbocycles. The van der Waals surface area contributed by atoms with Crippen LogP contribution in [0.4, 0.5) is 0 Å². The van der Waals surface area contributed by atoms with E-state index in [4.69, 9.17) is 5.11 Å². The van der Waals surface area contributed by atoms with Crippen molar-refractivity contribution in [2.45, 2.75) is 19.0 Å². The largest absolute Gasteiger partial charge is 0.384 e. The summed E-state index contributed by atoms with van der Waals surface area (Å²) in [6, 6.07) is 4.06. The Morgan fingerprint density at radius 1 is 1.53 bits per heavy atom. The van der Waals surface area contributed by atoms with Gasteiger partial charge in [0.05, 0.1) is 16.4 Å². The lowest BCUT2D eigenvalue weighted by Crippen LogP contribution is -2.31. The summed E-state index contributed by atoms with van der Waals surface area (Å²) < 4.78 is 22.9. The highest BCUT2D eigenvalue weighted by atomic mass is 32.2. The number of sulfone groups is 1. The Kier molecular flexibility index (Phi) is 4.63. The smallest absolute Gasteiger partial charge is 0.151 e. The normalized spacial score (nSPS) is 21.3. The summed E-state index contributed by atoms with van der Waals surface area (Å²) in [5, 5.41) is 8.64. The van der Waals surface area contributed by atoms with Gasteiger partial charge < -0.3 is 5.11 Å². The van der Waals surface area contributed by atoms with Crippen molar-refractivity contribution in [1.29, 1.82) is 0 Å². The van der Waals surface area contributed by atoms with E-state index in [9.17, 15) is 8.42 Å². The maximum Gasteiger partial charge on any atom is 0.151 e. The number of hydrogen-bond acceptors (Lipinski definition) is 5. The maximum atomic E-state index is 11.5. The Morgan fingerprint density at radius 3 is 2.95 bits per heavy atom. The van der Waals surface area contributed by atoms with Crippen LogP contribution >= 0.6 is 11.3 Å². The van der Waals surface area contributed by atoms with Crippen molar-refractivity contribution in [2.75, 3.05) is 25.2 Å². The Bertz CT molecular complexity index is 595. The van der Waals surface area contributed by atoms with Gasteiger partial charge in [0.2, 0.25) is 0 Å². The molecule has 1 atom stereocenters. The van der Waals surface area contributed by atoms with Crippen LogP contribution in [0.5, 0.6) is 0 Å². The number of thiophene rings is 1. The van der Waals surface area contributed by atoms with Crippen molar-refractivity contribution < 1.29 is 13.5 Å². The van der Waals surface area contributed by atoms with Gasteiger partial charge in [-0.1, -0.05) is 11.8 Å². The highest BCUT2D eigenvalue weighted by molar-refractivity contribution is 7.91. The number of hydrogen-bond donors (Lipinski definition) is 1. The molecule has 6 heteroatoms. The molecule has 1 N–H and O–H groups in total. The van der Waals surface area contributed by atoms with Crippen LogP contribution in [0, 0.1) is 11.8 Å². The molecule has 4 nitrogen and oxygen atoms in total. The van der Waals surface area contributed by atoms with Crippen molar-refractivity contribution in [3.05, 3.63) is 21.9 Å². The van der Waals surface area contributed by atoms with E-state index in [1.54, 1.807) is 11.3 Å². The molecule has 0 bridgehead atoms. The second-order valence-corrected chi connectivity index (χ2v) is 8.09. The first-order valence-electron chi connectivity index (χ1n) is 6.09. The SMILES string of the molecule is CN(Cc1ccc(C#CCO)s1)C1CCS(=O)(=O)C1. The van der Waals surface area contributed by atoms with E-state index in [0.29, 0.717) is 5.75 Å². The lowest BCUT2D eigenvalue weighted by atomic mass is 10.2. The second-order valence-electron chi connectivity index (χ2n) is 4.70. The predicted molar refractivity (Wildman–Crippen MR) is 76.8 cm³/mol. The monoisotopic (exact) mass is 299 g/mol. The topological polar surface area (TPSA) is 57.6 Å². The Labute approximate surface area is 118 Å². The van der Waals surface area contributed by atoms with Crippen molar-refractivity contribution in [3.8, 4) is 11.8 Å². The fourth-order valence-electron chi connectivity index (χ4n) is 2.15. The average Bonchev–Trinajstić information content (AvgIpc) is 2.93. The van der Waals surface area contributed by atoms with E-state index in [-0.39, 0.29) is 18.4 Å². The van der Waals surface area contributed by atoms with Crippen molar-refractivity contribution in [2.24, 2.45) is 0 Å². The number of rotatable bonds is 3. The standard InChI is InChI=1S/C13H17NO3S2/c1-14(11-6-8-19(16,17)10-11)9-13-5-4-12(18-13)3-2-7-15/h4-5,11,15H,6-10H2,1H3. The zero-order chi connectivity index (χ0) is 13.9. The molecule has 0 spiro atoms. The molecule has 104 valence electrons. The van der Waals surface area contributed by atoms with Gasteiger partial charge in [0.15, 0.2) is 9.84 Å². The summed E-state index contributed by atoms with van der Waals surface area (Å²) in [5.41, 5.74) is 0. The van der Waals surface area contributed by atoms with Crippen LogP contribution in [0.2, 0.25) is 0 Å². The molecule has 1 saturated heterocycles. The molecular formula is C13H17NO3S2. The molecule has 0 aromatic carbocycles. The van der Waals surface area contributed by atoms with Gasteiger partial charge in [-0.25, -0.2) is 8.42 Å². The summed E-state index contributed by atoms with van der Waals surface area (Å²) in [4.78, 5) is 4.19. The molecule has 2 rings (SSSR count). The molecule has 19 heavy (non-hydrogen) atoms. The van der Waals surface area contributed by atoms with Crippen LogP contribution in [-0.2, 0) is 16.4 Å². The molecule has 1 aliphatic heterocycles. The van der Waals surface area contributed by atoms with Gasteiger partial charge in [-0.3, -0.25) is 4.90 Å². The van der Waals surface area contributed by atoms with E-state index in [2.05, 4.69) is 16.7 Å². The van der Waals surface area contributed by atoms with E-state index in [0.717, 1.165) is 22.7 Å². The third-order valence-electron chi connectivity index (χ3n) is 3.19. The lowest BCUT2D eigenvalue weighted by molar-refractivity contribution is 0.256. The van der Waals surface area contributed by atoms with Gasteiger partial charge in [-0.2, -0.15) is 0 Å². The minimum atomic E-state index is -2.83. The molecule has 0 radical (unpaired) electrons. The van der Waals surface area contributed by atoms with E-state index in [1.165, 1.54) is 0 Å². The summed E-state index contributed by atoms with van der Waals surface area (Å²) in [5.74, 6) is 6.07. The van der Waals surface area contributed by atoms with Crippen LogP contribution in [-0.4, -0.2) is 49.6 Å². The molecule has 1 unspecified atom stereocenters. The van der Waals surface area contributed by atoms with Crippen molar-refractivity contribution >= 4 is 21.2 Å². The number of nitrogens with zero attached hydrogens (tertiary/aromatic N) is 1. The van der Waals surface area contributed by atoms with Gasteiger partial charge in [-0.05, 0) is 25.6 Å². The van der Waals surface area contributed by atoms with Gasteiger partial charge in [-0.15, -0.1) is 11.3 Å². The molecule has 2 heterocycles. The fraction of sp³-hybridized carbons (Fsp3) is 0.538. The number of aliphatic hydroxyl groups excluding tert-OH is 1. The Morgan fingerprint density at radius 2 is 2.32 bits per heavy atom. The molecule has 1 aromatic rings. The van der Waals surface area contributed by atoms with Gasteiger partial charge >= 0.3 is 0 Å². The molecule has 0 aliphatic carbocycles. The van der Waals surface area contributed by atoms with Crippen LogP contribution in [0.25, 0.3) is 0 Å². The first-order chi connectivity index (χ1) is 9.00. The third kappa shape index (κ3) is 4.05. The molecule has 1 aromatic heterocycles. The summed E-state index contributed by atoms with van der Waals surface area (Å²) in [7, 11) is -0.865. The highest BCUT2D eigenvalue weighted by Crippen LogP contribution is 2.21. The fourth-order valence-corrected chi connectivity index (χ4v) is 4.91.